The third kappa shape index (κ3) is 2.33. The topological polar surface area (TPSA) is 29.9 Å². The van der Waals surface area contributed by atoms with Gasteiger partial charge in [0.2, 0.25) is 0 Å². The number of aromatic nitrogens is 2. The molecule has 0 unspecified atom stereocenters. The molecule has 1 aromatic rings. The maximum atomic E-state index is 4.84. The van der Waals surface area contributed by atoms with Crippen LogP contribution in [0.4, 0.5) is 0 Å². The largest absolute Gasteiger partial charge is 0.331 e. The Kier molecular flexibility index (Phi) is 3.69. The molecular formula is C15H25N3. The minimum absolute atomic E-state index is 0.900. The standard InChI is InChI=1S/C15H25N3/c1-2-15-17-13-10-16-9-8-14(13)18(15)11-12-6-4-3-5-7-12/h12,16H,2-11H2,1H3. The van der Waals surface area contributed by atoms with E-state index in [2.05, 4.69) is 16.8 Å². The van der Waals surface area contributed by atoms with Crippen molar-refractivity contribution < 1.29 is 0 Å². The van der Waals surface area contributed by atoms with Crippen LogP contribution in [0.1, 0.15) is 56.2 Å². The molecule has 0 bridgehead atoms. The number of aryl methyl sites for hydroxylation is 1. The number of nitrogens with zero attached hydrogens (tertiary/aromatic N) is 2. The van der Waals surface area contributed by atoms with Crippen LogP contribution in [-0.4, -0.2) is 16.1 Å². The van der Waals surface area contributed by atoms with E-state index in [1.165, 1.54) is 55.9 Å². The van der Waals surface area contributed by atoms with Gasteiger partial charge in [0, 0.05) is 38.2 Å². The molecule has 2 heterocycles. The molecule has 1 fully saturated rings. The van der Waals surface area contributed by atoms with E-state index in [4.69, 9.17) is 4.98 Å². The molecule has 18 heavy (non-hydrogen) atoms. The second-order valence-corrected chi connectivity index (χ2v) is 5.82. The molecule has 0 saturated heterocycles. The van der Waals surface area contributed by atoms with Crippen LogP contribution in [-0.2, 0) is 25.9 Å². The highest BCUT2D eigenvalue weighted by molar-refractivity contribution is 5.20. The van der Waals surface area contributed by atoms with Gasteiger partial charge in [-0.2, -0.15) is 0 Å². The average molecular weight is 247 g/mol. The average Bonchev–Trinajstić information content (AvgIpc) is 2.78. The summed E-state index contributed by atoms with van der Waals surface area (Å²) >= 11 is 0. The van der Waals surface area contributed by atoms with E-state index in [1.807, 2.05) is 0 Å². The maximum absolute atomic E-state index is 4.84. The number of rotatable bonds is 3. The molecule has 1 aliphatic carbocycles. The molecule has 0 spiro atoms. The maximum Gasteiger partial charge on any atom is 0.108 e. The van der Waals surface area contributed by atoms with Crippen molar-refractivity contribution in [2.75, 3.05) is 6.54 Å². The fourth-order valence-corrected chi connectivity index (χ4v) is 3.54. The zero-order chi connectivity index (χ0) is 12.4. The highest BCUT2D eigenvalue weighted by atomic mass is 15.1. The molecule has 2 aliphatic rings. The van der Waals surface area contributed by atoms with Crippen molar-refractivity contribution in [3.63, 3.8) is 0 Å². The van der Waals surface area contributed by atoms with Gasteiger partial charge in [-0.3, -0.25) is 0 Å². The van der Waals surface area contributed by atoms with E-state index >= 15 is 0 Å². The van der Waals surface area contributed by atoms with Gasteiger partial charge in [0.25, 0.3) is 0 Å². The van der Waals surface area contributed by atoms with E-state index < -0.39 is 0 Å². The summed E-state index contributed by atoms with van der Waals surface area (Å²) in [6.45, 7) is 5.55. The van der Waals surface area contributed by atoms with Crippen molar-refractivity contribution in [3.05, 3.63) is 17.2 Å². The summed E-state index contributed by atoms with van der Waals surface area (Å²) in [4.78, 5) is 4.84. The molecule has 1 aliphatic heterocycles. The first-order chi connectivity index (χ1) is 8.88. The molecule has 1 aromatic heterocycles. The van der Waals surface area contributed by atoms with Crippen LogP contribution >= 0.6 is 0 Å². The molecule has 0 radical (unpaired) electrons. The first-order valence-corrected chi connectivity index (χ1v) is 7.66. The van der Waals surface area contributed by atoms with Gasteiger partial charge in [-0.05, 0) is 18.8 Å². The van der Waals surface area contributed by atoms with Crippen molar-refractivity contribution in [2.24, 2.45) is 5.92 Å². The van der Waals surface area contributed by atoms with Crippen LogP contribution < -0.4 is 5.32 Å². The minimum Gasteiger partial charge on any atom is -0.331 e. The lowest BCUT2D eigenvalue weighted by Crippen LogP contribution is -2.26. The predicted molar refractivity (Wildman–Crippen MR) is 73.6 cm³/mol. The second kappa shape index (κ2) is 5.43. The quantitative estimate of drug-likeness (QED) is 0.890. The molecule has 0 atom stereocenters. The van der Waals surface area contributed by atoms with Gasteiger partial charge in [-0.25, -0.2) is 4.98 Å². The molecular weight excluding hydrogens is 222 g/mol. The van der Waals surface area contributed by atoms with E-state index in [-0.39, 0.29) is 0 Å². The van der Waals surface area contributed by atoms with Gasteiger partial charge < -0.3 is 9.88 Å². The molecule has 3 rings (SSSR count). The first kappa shape index (κ1) is 12.2. The van der Waals surface area contributed by atoms with Gasteiger partial charge in [0.05, 0.1) is 5.69 Å². The van der Waals surface area contributed by atoms with Crippen LogP contribution in [0.2, 0.25) is 0 Å². The van der Waals surface area contributed by atoms with Gasteiger partial charge in [-0.15, -0.1) is 0 Å². The lowest BCUT2D eigenvalue weighted by molar-refractivity contribution is 0.312. The Hall–Kier alpha value is -0.830. The fourth-order valence-electron chi connectivity index (χ4n) is 3.54. The SMILES string of the molecule is CCc1nc2c(n1CC1CCCCC1)CCNC2. The van der Waals surface area contributed by atoms with Crippen LogP contribution in [0, 0.1) is 5.92 Å². The molecule has 3 nitrogen and oxygen atoms in total. The van der Waals surface area contributed by atoms with Crippen molar-refractivity contribution in [3.8, 4) is 0 Å². The summed E-state index contributed by atoms with van der Waals surface area (Å²) in [7, 11) is 0. The number of fused-ring (bicyclic) bond motifs is 1. The summed E-state index contributed by atoms with van der Waals surface area (Å²) in [5.74, 6) is 2.21. The Labute approximate surface area is 110 Å². The summed E-state index contributed by atoms with van der Waals surface area (Å²) < 4.78 is 2.56. The zero-order valence-corrected chi connectivity index (χ0v) is 11.5. The van der Waals surface area contributed by atoms with Crippen LogP contribution in [0.25, 0.3) is 0 Å². The smallest absolute Gasteiger partial charge is 0.108 e. The molecule has 1 N–H and O–H groups in total. The summed E-state index contributed by atoms with van der Waals surface area (Å²) in [5, 5.41) is 3.43. The molecule has 0 amide bonds. The third-order valence-corrected chi connectivity index (χ3v) is 4.55. The Morgan fingerprint density at radius 1 is 1.28 bits per heavy atom. The van der Waals surface area contributed by atoms with Crippen molar-refractivity contribution in [1.29, 1.82) is 0 Å². The van der Waals surface area contributed by atoms with Gasteiger partial charge in [0.1, 0.15) is 5.82 Å². The van der Waals surface area contributed by atoms with Crippen molar-refractivity contribution in [2.45, 2.75) is 65.0 Å². The molecule has 100 valence electrons. The molecule has 3 heteroatoms. The minimum atomic E-state index is 0.900. The van der Waals surface area contributed by atoms with Gasteiger partial charge in [-0.1, -0.05) is 26.2 Å². The highest BCUT2D eigenvalue weighted by Crippen LogP contribution is 2.27. The summed E-state index contributed by atoms with van der Waals surface area (Å²) in [5.41, 5.74) is 2.84. The van der Waals surface area contributed by atoms with Crippen LogP contribution in [0.3, 0.4) is 0 Å². The van der Waals surface area contributed by atoms with E-state index in [0.29, 0.717) is 0 Å². The Bertz CT molecular complexity index is 402. The predicted octanol–water partition coefficient (Wildman–Crippen LogP) is 2.67. The van der Waals surface area contributed by atoms with E-state index in [9.17, 15) is 0 Å². The Morgan fingerprint density at radius 3 is 2.89 bits per heavy atom. The summed E-state index contributed by atoms with van der Waals surface area (Å²) in [6.07, 6.45) is 9.40. The van der Waals surface area contributed by atoms with E-state index in [0.717, 1.165) is 31.8 Å². The Balaban J connectivity index is 1.82. The lowest BCUT2D eigenvalue weighted by atomic mass is 9.89. The van der Waals surface area contributed by atoms with Crippen molar-refractivity contribution in [1.82, 2.24) is 14.9 Å². The van der Waals surface area contributed by atoms with Crippen LogP contribution in [0.15, 0.2) is 0 Å². The van der Waals surface area contributed by atoms with Gasteiger partial charge in [0.15, 0.2) is 0 Å². The fraction of sp³-hybridized carbons (Fsp3) is 0.800. The summed E-state index contributed by atoms with van der Waals surface area (Å²) in [6, 6.07) is 0. The number of imidazole rings is 1. The van der Waals surface area contributed by atoms with E-state index in [1.54, 1.807) is 0 Å². The monoisotopic (exact) mass is 247 g/mol. The number of hydrogen-bond acceptors (Lipinski definition) is 2. The first-order valence-electron chi connectivity index (χ1n) is 7.66. The Morgan fingerprint density at radius 2 is 2.11 bits per heavy atom. The second-order valence-electron chi connectivity index (χ2n) is 5.82. The van der Waals surface area contributed by atoms with Crippen molar-refractivity contribution >= 4 is 0 Å². The highest BCUT2D eigenvalue weighted by Gasteiger charge is 2.22. The zero-order valence-electron chi connectivity index (χ0n) is 11.5. The molecule has 0 aromatic carbocycles. The lowest BCUT2D eigenvalue weighted by Gasteiger charge is -2.24. The molecule has 1 saturated carbocycles. The number of nitrogens with one attached hydrogen (secondary N) is 1. The van der Waals surface area contributed by atoms with Crippen LogP contribution in [0.5, 0.6) is 0 Å². The normalized spacial score (nSPS) is 20.9. The van der Waals surface area contributed by atoms with Gasteiger partial charge >= 0.3 is 0 Å². The third-order valence-electron chi connectivity index (χ3n) is 4.55. The number of hydrogen-bond donors (Lipinski definition) is 1.